The van der Waals surface area contributed by atoms with E-state index in [-0.39, 0.29) is 5.97 Å². The average molecular weight is 522 g/mol. The van der Waals surface area contributed by atoms with Crippen LogP contribution in [0.25, 0.3) is 0 Å². The molecule has 8 heteroatoms. The molecule has 35 heavy (non-hydrogen) atoms. The van der Waals surface area contributed by atoms with E-state index in [1.165, 1.54) is 103 Å². The lowest BCUT2D eigenvalue weighted by molar-refractivity contribution is -0.890. The highest BCUT2D eigenvalue weighted by Crippen LogP contribution is 2.14. The van der Waals surface area contributed by atoms with Crippen molar-refractivity contribution in [2.75, 3.05) is 40.9 Å². The van der Waals surface area contributed by atoms with Crippen molar-refractivity contribution in [1.82, 2.24) is 0 Å². The van der Waals surface area contributed by atoms with E-state index in [0.717, 1.165) is 24.7 Å². The number of carbonyl (C=O) groups is 1. The number of hydrogen-bond donors (Lipinski definition) is 0. The van der Waals surface area contributed by atoms with Gasteiger partial charge in [-0.15, -0.1) is 0 Å². The van der Waals surface area contributed by atoms with Gasteiger partial charge in [-0.3, -0.25) is 4.18 Å². The van der Waals surface area contributed by atoms with E-state index in [2.05, 4.69) is 31.8 Å². The van der Waals surface area contributed by atoms with Crippen LogP contribution in [0.15, 0.2) is 12.2 Å². The Labute approximate surface area is 217 Å². The molecule has 0 aromatic carbocycles. The predicted octanol–water partition coefficient (Wildman–Crippen LogP) is 6.54. The number of hydrogen-bond acceptors (Lipinski definition) is 6. The lowest BCUT2D eigenvalue weighted by Crippen LogP contribution is -2.43. The highest BCUT2D eigenvalue weighted by Gasteiger charge is 2.15. The third kappa shape index (κ3) is 31.0. The first-order chi connectivity index (χ1) is 16.4. The van der Waals surface area contributed by atoms with Crippen molar-refractivity contribution in [2.45, 2.75) is 117 Å². The summed E-state index contributed by atoms with van der Waals surface area (Å²) >= 11 is 0. The molecule has 0 N–H and O–H groups in total. The zero-order chi connectivity index (χ0) is 27.0. The number of ether oxygens (including phenoxy) is 1. The SMILES string of the molecule is C=C(C)C(=O)OCC[N+](C)(C)CCCCCCCCCCCCCCCCCC.COS(=O)(=O)[O-]. The molecular formula is C27H55NO6S. The molecule has 0 unspecified atom stereocenters. The Balaban J connectivity index is 0. The molecule has 0 bridgehead atoms. The second-order valence-electron chi connectivity index (χ2n) is 10.2. The number of nitrogens with zero attached hydrogens (tertiary/aromatic N) is 1. The van der Waals surface area contributed by atoms with Crippen molar-refractivity contribution in [1.29, 1.82) is 0 Å². The summed E-state index contributed by atoms with van der Waals surface area (Å²) in [7, 11) is 0.840. The van der Waals surface area contributed by atoms with Crippen molar-refractivity contribution < 1.29 is 31.2 Å². The largest absolute Gasteiger partial charge is 0.726 e. The lowest BCUT2D eigenvalue weighted by Gasteiger charge is -2.29. The van der Waals surface area contributed by atoms with Crippen LogP contribution in [0.3, 0.4) is 0 Å². The highest BCUT2D eigenvalue weighted by atomic mass is 32.3. The molecule has 0 aliphatic rings. The van der Waals surface area contributed by atoms with E-state index in [0.29, 0.717) is 12.2 Å². The molecule has 0 spiro atoms. The second kappa shape index (κ2) is 23.4. The summed E-state index contributed by atoms with van der Waals surface area (Å²) in [6, 6.07) is 0. The van der Waals surface area contributed by atoms with Gasteiger partial charge in [0, 0.05) is 5.57 Å². The molecule has 0 aliphatic heterocycles. The van der Waals surface area contributed by atoms with Crippen LogP contribution in [0.1, 0.15) is 117 Å². The van der Waals surface area contributed by atoms with Crippen molar-refractivity contribution >= 4 is 16.4 Å². The van der Waals surface area contributed by atoms with Gasteiger partial charge in [-0.2, -0.15) is 0 Å². The number of unbranched alkanes of at least 4 members (excludes halogenated alkanes) is 15. The van der Waals surface area contributed by atoms with Crippen LogP contribution in [-0.4, -0.2) is 64.3 Å². The summed E-state index contributed by atoms with van der Waals surface area (Å²) in [6.45, 7) is 10.1. The summed E-state index contributed by atoms with van der Waals surface area (Å²) in [5.74, 6) is -0.271. The molecule has 0 radical (unpaired) electrons. The Morgan fingerprint density at radius 2 is 1.11 bits per heavy atom. The van der Waals surface area contributed by atoms with E-state index < -0.39 is 10.4 Å². The minimum absolute atomic E-state index is 0.271. The molecule has 0 aromatic heterocycles. The summed E-state index contributed by atoms with van der Waals surface area (Å²) in [4.78, 5) is 11.4. The van der Waals surface area contributed by atoms with Crippen LogP contribution >= 0.6 is 0 Å². The minimum atomic E-state index is -4.41. The minimum Gasteiger partial charge on any atom is -0.726 e. The lowest BCUT2D eigenvalue weighted by atomic mass is 10.0. The van der Waals surface area contributed by atoms with Crippen molar-refractivity contribution in [3.05, 3.63) is 12.2 Å². The van der Waals surface area contributed by atoms with E-state index in [1.54, 1.807) is 6.92 Å². The van der Waals surface area contributed by atoms with Crippen molar-refractivity contribution in [3.63, 3.8) is 0 Å². The topological polar surface area (TPSA) is 92.7 Å². The summed E-state index contributed by atoms with van der Waals surface area (Å²) < 4.78 is 37.2. The smallest absolute Gasteiger partial charge is 0.333 e. The maximum absolute atomic E-state index is 11.4. The van der Waals surface area contributed by atoms with Crippen molar-refractivity contribution in [3.8, 4) is 0 Å². The van der Waals surface area contributed by atoms with Gasteiger partial charge in [0.05, 0.1) is 27.7 Å². The van der Waals surface area contributed by atoms with Gasteiger partial charge in [-0.25, -0.2) is 13.2 Å². The number of quaternary nitrogens is 1. The van der Waals surface area contributed by atoms with Gasteiger partial charge in [0.1, 0.15) is 13.2 Å². The highest BCUT2D eigenvalue weighted by molar-refractivity contribution is 7.80. The van der Waals surface area contributed by atoms with E-state index >= 15 is 0 Å². The number of esters is 1. The Hall–Kier alpha value is -0.960. The fourth-order valence-electron chi connectivity index (χ4n) is 3.71. The molecule has 0 amide bonds. The maximum Gasteiger partial charge on any atom is 0.333 e. The molecule has 210 valence electrons. The third-order valence-corrected chi connectivity index (χ3v) is 6.51. The van der Waals surface area contributed by atoms with Crippen LogP contribution in [-0.2, 0) is 24.1 Å². The first-order valence-electron chi connectivity index (χ1n) is 13.6. The predicted molar refractivity (Wildman–Crippen MR) is 144 cm³/mol. The van der Waals surface area contributed by atoms with Gasteiger partial charge in [0.25, 0.3) is 0 Å². The fraction of sp³-hybridized carbons (Fsp3) is 0.889. The fourth-order valence-corrected chi connectivity index (χ4v) is 3.71. The molecule has 0 fully saturated rings. The molecule has 0 aliphatic carbocycles. The molecule has 0 heterocycles. The van der Waals surface area contributed by atoms with Gasteiger partial charge in [0.2, 0.25) is 10.4 Å². The Bertz CT molecular complexity index is 619. The zero-order valence-electron chi connectivity index (χ0n) is 23.4. The first-order valence-corrected chi connectivity index (χ1v) is 14.9. The average Bonchev–Trinajstić information content (AvgIpc) is 2.78. The van der Waals surface area contributed by atoms with Crippen LogP contribution in [0.4, 0.5) is 0 Å². The van der Waals surface area contributed by atoms with E-state index in [4.69, 9.17) is 4.74 Å². The monoisotopic (exact) mass is 521 g/mol. The second-order valence-corrected chi connectivity index (χ2v) is 11.3. The molecule has 0 saturated heterocycles. The van der Waals surface area contributed by atoms with Crippen LogP contribution in [0.2, 0.25) is 0 Å². The standard InChI is InChI=1S/C26H52NO2.CH4O4S/c1-6-7-8-9-10-11-12-13-14-15-16-17-18-19-20-21-22-27(4,5)23-24-29-26(28)25(2)3;1-5-6(2,3)4/h2,6-24H2,1,3-5H3;1H3,(H,2,3,4)/q+1;/p-1. The molecule has 0 atom stereocenters. The number of carbonyl (C=O) groups excluding carboxylic acids is 1. The van der Waals surface area contributed by atoms with E-state index in [9.17, 15) is 17.8 Å². The van der Waals surface area contributed by atoms with Gasteiger partial charge in [0.15, 0.2) is 0 Å². The Morgan fingerprint density at radius 1 is 0.771 bits per heavy atom. The Kier molecular flexibility index (Phi) is 24.2. The van der Waals surface area contributed by atoms with Crippen LogP contribution < -0.4 is 0 Å². The van der Waals surface area contributed by atoms with Gasteiger partial charge >= 0.3 is 5.97 Å². The Morgan fingerprint density at radius 3 is 1.43 bits per heavy atom. The number of likely N-dealkylation sites (N-methyl/N-ethyl adjacent to an activating group) is 1. The van der Waals surface area contributed by atoms with Gasteiger partial charge in [-0.05, 0) is 19.8 Å². The van der Waals surface area contributed by atoms with Crippen molar-refractivity contribution in [2.24, 2.45) is 0 Å². The summed E-state index contributed by atoms with van der Waals surface area (Å²) in [5, 5.41) is 0. The molecule has 0 rings (SSSR count). The van der Waals surface area contributed by atoms with Gasteiger partial charge < -0.3 is 13.8 Å². The summed E-state index contributed by atoms with van der Waals surface area (Å²) in [6.07, 6.45) is 22.5. The summed E-state index contributed by atoms with van der Waals surface area (Å²) in [5.41, 5.74) is 0.480. The molecule has 0 saturated carbocycles. The number of rotatable bonds is 22. The van der Waals surface area contributed by atoms with Gasteiger partial charge in [-0.1, -0.05) is 103 Å². The van der Waals surface area contributed by atoms with E-state index in [1.807, 2.05) is 0 Å². The normalized spacial score (nSPS) is 11.6. The zero-order valence-corrected chi connectivity index (χ0v) is 24.3. The molecule has 7 nitrogen and oxygen atoms in total. The first kappa shape index (κ1) is 36.2. The maximum atomic E-state index is 11.4. The van der Waals surface area contributed by atoms with Crippen LogP contribution in [0, 0.1) is 0 Å². The molecular weight excluding hydrogens is 466 g/mol. The van der Waals surface area contributed by atoms with Crippen LogP contribution in [0.5, 0.6) is 0 Å². The quantitative estimate of drug-likeness (QED) is 0.0401. The third-order valence-electron chi connectivity index (χ3n) is 6.10. The molecule has 0 aromatic rings.